The first-order chi connectivity index (χ1) is 10.1. The molecule has 3 rings (SSSR count). The highest BCUT2D eigenvalue weighted by Crippen LogP contribution is 2.29. The highest BCUT2D eigenvalue weighted by Gasteiger charge is 2.44. The number of ether oxygens (including phenoxy) is 1. The number of aliphatic hydroxyl groups excluding tert-OH is 1. The Kier molecular flexibility index (Phi) is 3.83. The first-order valence-corrected chi connectivity index (χ1v) is 6.69. The molecule has 0 radical (unpaired) electrons. The van der Waals surface area contributed by atoms with Crippen molar-refractivity contribution in [3.8, 4) is 0 Å². The van der Waals surface area contributed by atoms with Gasteiger partial charge in [-0.15, -0.1) is 0 Å². The molecule has 21 heavy (non-hydrogen) atoms. The van der Waals surface area contributed by atoms with Crippen molar-refractivity contribution in [2.45, 2.75) is 31.3 Å². The molecule has 2 aliphatic rings. The summed E-state index contributed by atoms with van der Waals surface area (Å²) in [6.45, 7) is 0.334. The molecule has 1 aliphatic carbocycles. The van der Waals surface area contributed by atoms with Crippen LogP contribution in [0.25, 0.3) is 0 Å². The van der Waals surface area contributed by atoms with E-state index in [9.17, 15) is 14.7 Å². The maximum atomic E-state index is 11.5. The lowest BCUT2D eigenvalue weighted by Crippen LogP contribution is -2.46. The standard InChI is InChI=1S/C15H15NO5/c17-12-6-10-11(7-13(18)21-15(10)14(12)19)16-20-8-9-4-2-1-3-5-9/h1-6,11,14-16,19H,7-8H2/t11-,14-,15+/m1/s1. The second-order valence-corrected chi connectivity index (χ2v) is 5.05. The van der Waals surface area contributed by atoms with E-state index >= 15 is 0 Å². The number of rotatable bonds is 4. The Labute approximate surface area is 121 Å². The maximum Gasteiger partial charge on any atom is 0.308 e. The van der Waals surface area contributed by atoms with Crippen LogP contribution in [0.4, 0.5) is 0 Å². The third-order valence-corrected chi connectivity index (χ3v) is 3.55. The van der Waals surface area contributed by atoms with Gasteiger partial charge in [-0.2, -0.15) is 5.48 Å². The molecule has 6 heteroatoms. The first-order valence-electron chi connectivity index (χ1n) is 6.69. The number of nitrogens with one attached hydrogen (secondary N) is 1. The summed E-state index contributed by atoms with van der Waals surface area (Å²) in [6.07, 6.45) is -0.804. The molecule has 1 aromatic rings. The topological polar surface area (TPSA) is 84.9 Å². The molecule has 3 atom stereocenters. The quantitative estimate of drug-likeness (QED) is 0.611. The molecule has 110 valence electrons. The van der Waals surface area contributed by atoms with E-state index in [1.54, 1.807) is 0 Å². The van der Waals surface area contributed by atoms with Gasteiger partial charge in [0.15, 0.2) is 18.0 Å². The van der Waals surface area contributed by atoms with E-state index in [0.29, 0.717) is 12.2 Å². The molecule has 0 unspecified atom stereocenters. The smallest absolute Gasteiger partial charge is 0.308 e. The van der Waals surface area contributed by atoms with Crippen LogP contribution in [-0.2, 0) is 25.8 Å². The summed E-state index contributed by atoms with van der Waals surface area (Å²) in [5, 5.41) is 9.68. The minimum absolute atomic E-state index is 0.0666. The monoisotopic (exact) mass is 289 g/mol. The van der Waals surface area contributed by atoms with Gasteiger partial charge < -0.3 is 9.84 Å². The zero-order valence-corrected chi connectivity index (χ0v) is 11.2. The summed E-state index contributed by atoms with van der Waals surface area (Å²) in [5.41, 5.74) is 4.32. The molecule has 0 spiro atoms. The summed E-state index contributed by atoms with van der Waals surface area (Å²) in [6, 6.07) is 9.10. The lowest BCUT2D eigenvalue weighted by molar-refractivity contribution is -0.159. The van der Waals surface area contributed by atoms with E-state index < -0.39 is 30.0 Å². The molecule has 1 aliphatic heterocycles. The summed E-state index contributed by atoms with van der Waals surface area (Å²) < 4.78 is 5.01. The van der Waals surface area contributed by atoms with Crippen molar-refractivity contribution in [1.82, 2.24) is 5.48 Å². The number of carbonyl (C=O) groups is 2. The normalized spacial score (nSPS) is 28.0. The molecule has 1 heterocycles. The molecule has 0 amide bonds. The molecule has 6 nitrogen and oxygen atoms in total. The van der Waals surface area contributed by atoms with Crippen LogP contribution in [-0.4, -0.2) is 35.1 Å². The van der Waals surface area contributed by atoms with Crippen LogP contribution in [0.15, 0.2) is 42.0 Å². The zero-order valence-electron chi connectivity index (χ0n) is 11.2. The molecular weight excluding hydrogens is 274 g/mol. The van der Waals surface area contributed by atoms with Crippen LogP contribution in [0.1, 0.15) is 12.0 Å². The van der Waals surface area contributed by atoms with Crippen LogP contribution in [0, 0.1) is 0 Å². The van der Waals surface area contributed by atoms with E-state index in [1.807, 2.05) is 30.3 Å². The molecular formula is C15H15NO5. The van der Waals surface area contributed by atoms with Crippen molar-refractivity contribution >= 4 is 11.8 Å². The van der Waals surface area contributed by atoms with Gasteiger partial charge in [0.25, 0.3) is 0 Å². The largest absolute Gasteiger partial charge is 0.454 e. The van der Waals surface area contributed by atoms with Crippen molar-refractivity contribution in [2.24, 2.45) is 0 Å². The molecule has 1 fully saturated rings. The number of ketones is 1. The van der Waals surface area contributed by atoms with Crippen LogP contribution in [0.2, 0.25) is 0 Å². The number of hydrogen-bond donors (Lipinski definition) is 2. The van der Waals surface area contributed by atoms with E-state index in [2.05, 4.69) is 5.48 Å². The van der Waals surface area contributed by atoms with Crippen molar-refractivity contribution in [1.29, 1.82) is 0 Å². The van der Waals surface area contributed by atoms with E-state index in [0.717, 1.165) is 5.56 Å². The number of hydrogen-bond acceptors (Lipinski definition) is 6. The van der Waals surface area contributed by atoms with Gasteiger partial charge in [0.05, 0.1) is 19.1 Å². The number of hydroxylamine groups is 1. The SMILES string of the molecule is O=C1C[C@@H](NOCc2ccccc2)C2=CC(=O)[C@@H](O)[C@H]2O1. The number of aliphatic hydroxyl groups is 1. The summed E-state index contributed by atoms with van der Waals surface area (Å²) in [4.78, 5) is 28.4. The van der Waals surface area contributed by atoms with Gasteiger partial charge in [-0.25, -0.2) is 0 Å². The fraction of sp³-hybridized carbons (Fsp3) is 0.333. The Balaban J connectivity index is 1.63. The van der Waals surface area contributed by atoms with Crippen LogP contribution < -0.4 is 5.48 Å². The number of fused-ring (bicyclic) bond motifs is 1. The average molecular weight is 289 g/mol. The Bertz CT molecular complexity index is 583. The fourth-order valence-corrected chi connectivity index (χ4v) is 2.48. The van der Waals surface area contributed by atoms with Gasteiger partial charge in [-0.05, 0) is 17.2 Å². The van der Waals surface area contributed by atoms with Crippen LogP contribution >= 0.6 is 0 Å². The Morgan fingerprint density at radius 3 is 2.81 bits per heavy atom. The van der Waals surface area contributed by atoms with Crippen LogP contribution in [0.3, 0.4) is 0 Å². The van der Waals surface area contributed by atoms with E-state index in [4.69, 9.17) is 9.57 Å². The molecule has 0 bridgehead atoms. The lowest BCUT2D eigenvalue weighted by Gasteiger charge is -2.30. The van der Waals surface area contributed by atoms with E-state index in [1.165, 1.54) is 6.08 Å². The highest BCUT2D eigenvalue weighted by atomic mass is 16.6. The summed E-state index contributed by atoms with van der Waals surface area (Å²) in [5.74, 6) is -0.911. The Morgan fingerprint density at radius 1 is 1.29 bits per heavy atom. The second kappa shape index (κ2) is 5.77. The highest BCUT2D eigenvalue weighted by molar-refractivity contribution is 5.99. The van der Waals surface area contributed by atoms with Crippen molar-refractivity contribution < 1.29 is 24.3 Å². The Hall–Kier alpha value is -2.02. The van der Waals surface area contributed by atoms with Gasteiger partial charge in [0.1, 0.15) is 0 Å². The number of carbonyl (C=O) groups excluding carboxylic acids is 2. The zero-order chi connectivity index (χ0) is 14.8. The third kappa shape index (κ3) is 2.87. The van der Waals surface area contributed by atoms with Crippen molar-refractivity contribution in [3.05, 3.63) is 47.5 Å². The van der Waals surface area contributed by atoms with Gasteiger partial charge in [-0.1, -0.05) is 30.3 Å². The molecule has 1 saturated heterocycles. The molecule has 0 saturated carbocycles. The van der Waals surface area contributed by atoms with Gasteiger partial charge in [0, 0.05) is 0 Å². The van der Waals surface area contributed by atoms with Gasteiger partial charge in [0.2, 0.25) is 0 Å². The second-order valence-electron chi connectivity index (χ2n) is 5.05. The maximum absolute atomic E-state index is 11.5. The summed E-state index contributed by atoms with van der Waals surface area (Å²) in [7, 11) is 0. The fourth-order valence-electron chi connectivity index (χ4n) is 2.48. The average Bonchev–Trinajstić information content (AvgIpc) is 2.76. The predicted molar refractivity (Wildman–Crippen MR) is 71.7 cm³/mol. The minimum Gasteiger partial charge on any atom is -0.454 e. The minimum atomic E-state index is -1.30. The molecule has 2 N–H and O–H groups in total. The summed E-state index contributed by atoms with van der Waals surface area (Å²) >= 11 is 0. The Morgan fingerprint density at radius 2 is 2.05 bits per heavy atom. The molecule has 1 aromatic carbocycles. The van der Waals surface area contributed by atoms with Crippen molar-refractivity contribution in [2.75, 3.05) is 0 Å². The van der Waals surface area contributed by atoms with Gasteiger partial charge >= 0.3 is 5.97 Å². The third-order valence-electron chi connectivity index (χ3n) is 3.55. The first kappa shape index (κ1) is 13.9. The molecule has 0 aromatic heterocycles. The van der Waals surface area contributed by atoms with E-state index in [-0.39, 0.29) is 6.42 Å². The number of benzene rings is 1. The predicted octanol–water partition coefficient (Wildman–Crippen LogP) is 0.262. The lowest BCUT2D eigenvalue weighted by atomic mass is 9.98. The van der Waals surface area contributed by atoms with Gasteiger partial charge in [-0.3, -0.25) is 14.4 Å². The number of esters is 1. The van der Waals surface area contributed by atoms with Crippen molar-refractivity contribution in [3.63, 3.8) is 0 Å². The van der Waals surface area contributed by atoms with Crippen LogP contribution in [0.5, 0.6) is 0 Å².